The lowest BCUT2D eigenvalue weighted by Crippen LogP contribution is -2.49. The molecule has 0 radical (unpaired) electrons. The molecule has 0 bridgehead atoms. The Kier molecular flexibility index (Phi) is 5.99. The molecule has 11 heteroatoms. The third-order valence-corrected chi connectivity index (χ3v) is 6.02. The van der Waals surface area contributed by atoms with E-state index in [1.54, 1.807) is 0 Å². The van der Waals surface area contributed by atoms with Crippen LogP contribution in [-0.4, -0.2) is 41.7 Å². The minimum Gasteiger partial charge on any atom is -0.481 e. The number of halogens is 5. The number of nitrogens with one attached hydrogen (secondary N) is 1. The number of rotatable bonds is 7. The lowest BCUT2D eigenvalue weighted by molar-refractivity contribution is -0.189. The number of carbonyl (C=O) groups is 3. The molecule has 1 saturated carbocycles. The molecule has 1 aliphatic heterocycles. The number of benzene rings is 1. The van der Waals surface area contributed by atoms with Crippen LogP contribution in [0.5, 0.6) is 0 Å². The maximum atomic E-state index is 15.2. The summed E-state index contributed by atoms with van der Waals surface area (Å²) >= 11 is 0. The van der Waals surface area contributed by atoms with Crippen LogP contribution >= 0.6 is 0 Å². The van der Waals surface area contributed by atoms with Crippen molar-refractivity contribution in [3.8, 4) is 0 Å². The normalized spacial score (nSPS) is 19.5. The number of hydrogen-bond acceptors (Lipinski definition) is 3. The lowest BCUT2D eigenvalue weighted by Gasteiger charge is -2.27. The molecule has 1 fully saturated rings. The van der Waals surface area contributed by atoms with Gasteiger partial charge in [0.05, 0.1) is 23.4 Å². The van der Waals surface area contributed by atoms with E-state index in [0.717, 1.165) is 17.9 Å². The van der Waals surface area contributed by atoms with Gasteiger partial charge in [0, 0.05) is 11.6 Å². The molecule has 1 aliphatic carbocycles. The first-order valence-corrected chi connectivity index (χ1v) is 10.1. The summed E-state index contributed by atoms with van der Waals surface area (Å²) in [5.74, 6) is -7.61. The predicted molar refractivity (Wildman–Crippen MR) is 103 cm³/mol. The largest absolute Gasteiger partial charge is 0.481 e. The van der Waals surface area contributed by atoms with Crippen LogP contribution < -0.4 is 10.2 Å². The Bertz CT molecular complexity index is 972. The fourth-order valence-electron chi connectivity index (χ4n) is 4.17. The molecule has 1 aromatic carbocycles. The molecular weight excluding hydrogens is 439 g/mol. The molecule has 0 saturated heterocycles. The van der Waals surface area contributed by atoms with Crippen LogP contribution in [0.25, 0.3) is 0 Å². The van der Waals surface area contributed by atoms with E-state index in [1.165, 1.54) is 13.8 Å². The summed E-state index contributed by atoms with van der Waals surface area (Å²) in [4.78, 5) is 36.9. The molecule has 0 aromatic heterocycles. The van der Waals surface area contributed by atoms with Crippen molar-refractivity contribution in [1.29, 1.82) is 0 Å². The summed E-state index contributed by atoms with van der Waals surface area (Å²) in [6.07, 6.45) is -4.75. The van der Waals surface area contributed by atoms with Crippen LogP contribution in [0.4, 0.5) is 27.6 Å². The Balaban J connectivity index is 1.86. The maximum absolute atomic E-state index is 15.2. The third kappa shape index (κ3) is 4.29. The first kappa shape index (κ1) is 23.9. The number of anilines is 1. The van der Waals surface area contributed by atoms with E-state index in [2.05, 4.69) is 0 Å². The van der Waals surface area contributed by atoms with Crippen LogP contribution in [0.15, 0.2) is 6.07 Å². The van der Waals surface area contributed by atoms with Crippen LogP contribution in [0.3, 0.4) is 0 Å². The first-order chi connectivity index (χ1) is 14.7. The molecule has 1 aromatic rings. The molecule has 1 heterocycles. The first-order valence-electron chi connectivity index (χ1n) is 10.1. The van der Waals surface area contributed by atoms with Crippen molar-refractivity contribution >= 4 is 23.5 Å². The van der Waals surface area contributed by atoms with E-state index in [4.69, 9.17) is 5.11 Å². The summed E-state index contributed by atoms with van der Waals surface area (Å²) < 4.78 is 69.6. The topological polar surface area (TPSA) is 86.7 Å². The number of hydrogen-bond donors (Lipinski definition) is 2. The second-order valence-electron chi connectivity index (χ2n) is 8.88. The quantitative estimate of drug-likeness (QED) is 0.606. The van der Waals surface area contributed by atoms with E-state index in [0.29, 0.717) is 12.8 Å². The molecule has 2 N–H and O–H groups in total. The number of carboxylic acid groups (broad SMARTS) is 1. The Morgan fingerprint density at radius 3 is 2.38 bits per heavy atom. The monoisotopic (exact) mass is 462 g/mol. The second-order valence-corrected chi connectivity index (χ2v) is 8.88. The minimum atomic E-state index is -4.89. The lowest BCUT2D eigenvalue weighted by atomic mass is 9.84. The Morgan fingerprint density at radius 1 is 1.28 bits per heavy atom. The highest BCUT2D eigenvalue weighted by molar-refractivity contribution is 6.10. The van der Waals surface area contributed by atoms with Gasteiger partial charge < -0.3 is 10.4 Å². The van der Waals surface area contributed by atoms with Crippen molar-refractivity contribution in [3.05, 3.63) is 28.8 Å². The fourth-order valence-corrected chi connectivity index (χ4v) is 4.17. The van der Waals surface area contributed by atoms with E-state index in [1.807, 2.05) is 5.32 Å². The zero-order chi connectivity index (χ0) is 24.2. The number of nitrogens with zero attached hydrogens (tertiary/aromatic N) is 1. The number of amides is 2. The van der Waals surface area contributed by atoms with E-state index in [-0.39, 0.29) is 17.0 Å². The minimum absolute atomic E-state index is 0.132. The molecule has 176 valence electrons. The Hall–Kier alpha value is -2.72. The summed E-state index contributed by atoms with van der Waals surface area (Å²) in [6.45, 7) is 2.93. The zero-order valence-corrected chi connectivity index (χ0v) is 17.6. The maximum Gasteiger partial charge on any atom is 0.394 e. The van der Waals surface area contributed by atoms with Crippen molar-refractivity contribution in [3.63, 3.8) is 0 Å². The number of alkyl halides is 3. The number of aliphatic carboxylic acids is 1. The van der Waals surface area contributed by atoms with Gasteiger partial charge in [-0.3, -0.25) is 19.3 Å². The molecule has 3 rings (SSSR count). The standard InChI is InChI=1S/C21H23F5N2O4/c1-9(12(7-15(30)31)21(24,25)26)27-14(29)8-28-18-13(22)6-11(10-4-5-10)17(23)16(18)20(2,3)19(28)32/h6,9-10,12H,4-5,7-8H2,1-3H3,(H,27,29)(H,30,31)/t9-,12+/m1/s1. The SMILES string of the molecule is C[C@@H](NC(=O)CN1C(=O)C(C)(C)c2c(F)c(C3CC3)cc(F)c21)[C@H](CC(=O)O)C(F)(F)F. The fraction of sp³-hybridized carbons (Fsp3) is 0.571. The second kappa shape index (κ2) is 8.00. The summed E-state index contributed by atoms with van der Waals surface area (Å²) in [5, 5.41) is 10.8. The van der Waals surface area contributed by atoms with Gasteiger partial charge in [-0.25, -0.2) is 8.78 Å². The Labute approximate surface area is 180 Å². The van der Waals surface area contributed by atoms with Gasteiger partial charge in [0.2, 0.25) is 11.8 Å². The van der Waals surface area contributed by atoms with Gasteiger partial charge >= 0.3 is 12.1 Å². The predicted octanol–water partition coefficient (Wildman–Crippen LogP) is 3.62. The van der Waals surface area contributed by atoms with Gasteiger partial charge in [0.1, 0.15) is 18.2 Å². The third-order valence-electron chi connectivity index (χ3n) is 6.02. The number of fused-ring (bicyclic) bond motifs is 1. The Morgan fingerprint density at radius 2 is 1.88 bits per heavy atom. The van der Waals surface area contributed by atoms with Gasteiger partial charge in [-0.05, 0) is 51.2 Å². The smallest absolute Gasteiger partial charge is 0.394 e. The van der Waals surface area contributed by atoms with Crippen LogP contribution in [-0.2, 0) is 19.8 Å². The zero-order valence-electron chi connectivity index (χ0n) is 17.6. The van der Waals surface area contributed by atoms with Crippen molar-refractivity contribution < 1.29 is 41.4 Å². The summed E-state index contributed by atoms with van der Waals surface area (Å²) in [5.41, 5.74) is -1.88. The molecule has 6 nitrogen and oxygen atoms in total. The van der Waals surface area contributed by atoms with Gasteiger partial charge in [-0.15, -0.1) is 0 Å². The molecule has 0 unspecified atom stereocenters. The molecule has 32 heavy (non-hydrogen) atoms. The van der Waals surface area contributed by atoms with E-state index < -0.39 is 71.6 Å². The highest BCUT2D eigenvalue weighted by atomic mass is 19.4. The van der Waals surface area contributed by atoms with Gasteiger partial charge in [0.25, 0.3) is 0 Å². The average Bonchev–Trinajstić information content (AvgIpc) is 3.45. The van der Waals surface area contributed by atoms with Crippen LogP contribution in [0.1, 0.15) is 57.1 Å². The van der Waals surface area contributed by atoms with Crippen molar-refractivity contribution in [2.24, 2.45) is 5.92 Å². The van der Waals surface area contributed by atoms with Crippen molar-refractivity contribution in [2.45, 2.75) is 63.6 Å². The van der Waals surface area contributed by atoms with Crippen molar-refractivity contribution in [2.75, 3.05) is 11.4 Å². The van der Waals surface area contributed by atoms with Crippen LogP contribution in [0, 0.1) is 17.6 Å². The number of carbonyl (C=O) groups excluding carboxylic acids is 2. The van der Waals surface area contributed by atoms with Gasteiger partial charge in [-0.2, -0.15) is 13.2 Å². The summed E-state index contributed by atoms with van der Waals surface area (Å²) in [6, 6.07) is -0.622. The van der Waals surface area contributed by atoms with E-state index in [9.17, 15) is 31.9 Å². The number of carboxylic acids is 1. The highest BCUT2D eigenvalue weighted by Gasteiger charge is 2.50. The highest BCUT2D eigenvalue weighted by Crippen LogP contribution is 2.50. The van der Waals surface area contributed by atoms with Gasteiger partial charge in [-0.1, -0.05) is 0 Å². The molecule has 0 spiro atoms. The molecule has 2 atom stereocenters. The van der Waals surface area contributed by atoms with Crippen LogP contribution in [0.2, 0.25) is 0 Å². The van der Waals surface area contributed by atoms with E-state index >= 15 is 4.39 Å². The summed E-state index contributed by atoms with van der Waals surface area (Å²) in [7, 11) is 0. The average molecular weight is 462 g/mol. The molecule has 2 amide bonds. The molecular formula is C21H23F5N2O4. The van der Waals surface area contributed by atoms with Crippen molar-refractivity contribution in [1.82, 2.24) is 5.32 Å². The van der Waals surface area contributed by atoms with Gasteiger partial charge in [0.15, 0.2) is 0 Å². The molecule has 2 aliphatic rings.